The number of rotatable bonds is 8. The highest BCUT2D eigenvalue weighted by Gasteiger charge is 2.28. The molecule has 1 atom stereocenters. The Balaban J connectivity index is 1.70. The molecule has 1 fully saturated rings. The van der Waals surface area contributed by atoms with Crippen LogP contribution in [0.15, 0.2) is 53.4 Å². The molecule has 2 aromatic carbocycles. The van der Waals surface area contributed by atoms with E-state index >= 15 is 0 Å². The van der Waals surface area contributed by atoms with Crippen molar-refractivity contribution in [2.24, 2.45) is 0 Å². The van der Waals surface area contributed by atoms with Crippen LogP contribution in [0.2, 0.25) is 5.02 Å². The number of carbonyl (C=O) groups is 2. The van der Waals surface area contributed by atoms with Crippen molar-refractivity contribution >= 4 is 35.2 Å². The first-order chi connectivity index (χ1) is 14.9. The predicted molar refractivity (Wildman–Crippen MR) is 128 cm³/mol. The number of aryl methyl sites for hydroxylation is 1. The quantitative estimate of drug-likeness (QED) is 0.523. The zero-order chi connectivity index (χ0) is 22.2. The van der Waals surface area contributed by atoms with E-state index in [2.05, 4.69) is 11.4 Å². The van der Waals surface area contributed by atoms with E-state index < -0.39 is 6.04 Å². The summed E-state index contributed by atoms with van der Waals surface area (Å²) in [6.45, 7) is 4.28. The molecule has 0 aliphatic heterocycles. The van der Waals surface area contributed by atoms with E-state index in [1.165, 1.54) is 18.2 Å². The molecule has 4 nitrogen and oxygen atoms in total. The average Bonchev–Trinajstić information content (AvgIpc) is 2.77. The van der Waals surface area contributed by atoms with Crippen LogP contribution in [-0.4, -0.2) is 34.6 Å². The number of halogens is 1. The van der Waals surface area contributed by atoms with Gasteiger partial charge in [-0.2, -0.15) is 0 Å². The molecule has 6 heteroatoms. The van der Waals surface area contributed by atoms with Crippen LogP contribution in [0.5, 0.6) is 0 Å². The van der Waals surface area contributed by atoms with Gasteiger partial charge in [-0.3, -0.25) is 9.59 Å². The Morgan fingerprint density at radius 2 is 1.84 bits per heavy atom. The molecule has 1 aliphatic rings. The third-order valence-electron chi connectivity index (χ3n) is 5.73. The second-order valence-corrected chi connectivity index (χ2v) is 9.76. The second-order valence-electron chi connectivity index (χ2n) is 8.27. The summed E-state index contributed by atoms with van der Waals surface area (Å²) in [5.74, 6) is 0.159. The van der Waals surface area contributed by atoms with Crippen LogP contribution < -0.4 is 5.32 Å². The zero-order valence-corrected chi connectivity index (χ0v) is 19.8. The number of hydrogen-bond donors (Lipinski definition) is 1. The molecule has 0 radical (unpaired) electrons. The molecular formula is C25H31ClN2O2S. The van der Waals surface area contributed by atoms with E-state index in [1.807, 2.05) is 56.3 Å². The van der Waals surface area contributed by atoms with Crippen molar-refractivity contribution in [1.29, 1.82) is 0 Å². The van der Waals surface area contributed by atoms with Gasteiger partial charge < -0.3 is 10.2 Å². The Hall–Kier alpha value is -1.98. The van der Waals surface area contributed by atoms with Gasteiger partial charge >= 0.3 is 0 Å². The fourth-order valence-electron chi connectivity index (χ4n) is 3.92. The van der Waals surface area contributed by atoms with Gasteiger partial charge in [-0.05, 0) is 56.5 Å². The number of benzene rings is 2. The van der Waals surface area contributed by atoms with Crippen LogP contribution >= 0.6 is 23.4 Å². The van der Waals surface area contributed by atoms with Gasteiger partial charge in [0, 0.05) is 22.5 Å². The number of nitrogens with one attached hydrogen (secondary N) is 1. The van der Waals surface area contributed by atoms with Crippen LogP contribution in [0, 0.1) is 6.92 Å². The predicted octanol–water partition coefficient (Wildman–Crippen LogP) is 5.61. The van der Waals surface area contributed by atoms with E-state index in [0.29, 0.717) is 11.6 Å². The summed E-state index contributed by atoms with van der Waals surface area (Å²) in [5.41, 5.74) is 2.17. The molecule has 2 aromatic rings. The number of carbonyl (C=O) groups excluding carboxylic acids is 2. The summed E-state index contributed by atoms with van der Waals surface area (Å²) >= 11 is 7.42. The Morgan fingerprint density at radius 1 is 1.13 bits per heavy atom. The fraction of sp³-hybridized carbons (Fsp3) is 0.440. The summed E-state index contributed by atoms with van der Waals surface area (Å²) < 4.78 is 0. The number of thioether (sulfide) groups is 1. The summed E-state index contributed by atoms with van der Waals surface area (Å²) in [6.07, 6.45) is 5.60. The third-order valence-corrected chi connectivity index (χ3v) is 6.98. The maximum absolute atomic E-state index is 13.2. The van der Waals surface area contributed by atoms with Gasteiger partial charge in [0.25, 0.3) is 0 Å². The highest BCUT2D eigenvalue weighted by Crippen LogP contribution is 2.22. The molecule has 0 unspecified atom stereocenters. The molecule has 0 aromatic heterocycles. The molecule has 0 saturated heterocycles. The lowest BCUT2D eigenvalue weighted by Gasteiger charge is -2.31. The van der Waals surface area contributed by atoms with Gasteiger partial charge in [0.05, 0.1) is 5.75 Å². The monoisotopic (exact) mass is 458 g/mol. The van der Waals surface area contributed by atoms with Crippen molar-refractivity contribution < 1.29 is 9.59 Å². The Morgan fingerprint density at radius 3 is 2.52 bits per heavy atom. The number of hydrogen-bond acceptors (Lipinski definition) is 3. The summed E-state index contributed by atoms with van der Waals surface area (Å²) in [4.78, 5) is 28.9. The molecule has 1 N–H and O–H groups in total. The summed E-state index contributed by atoms with van der Waals surface area (Å²) in [5, 5.41) is 3.85. The molecular weight excluding hydrogens is 428 g/mol. The first-order valence-corrected chi connectivity index (χ1v) is 12.3. The van der Waals surface area contributed by atoms with Crippen molar-refractivity contribution in [3.05, 3.63) is 64.7 Å². The lowest BCUT2D eigenvalue weighted by molar-refractivity contribution is -0.139. The largest absolute Gasteiger partial charge is 0.352 e. The zero-order valence-electron chi connectivity index (χ0n) is 18.3. The SMILES string of the molecule is Cc1cccc(CN(C(=O)CSc2ccc(Cl)cc2)[C@H](C)C(=O)NC2CCCCC2)c1. The topological polar surface area (TPSA) is 49.4 Å². The molecule has 1 saturated carbocycles. The van der Waals surface area contributed by atoms with Crippen LogP contribution in [-0.2, 0) is 16.1 Å². The van der Waals surface area contributed by atoms with E-state index in [9.17, 15) is 9.59 Å². The van der Waals surface area contributed by atoms with Gasteiger partial charge in [-0.15, -0.1) is 11.8 Å². The minimum absolute atomic E-state index is 0.0484. The molecule has 31 heavy (non-hydrogen) atoms. The molecule has 166 valence electrons. The van der Waals surface area contributed by atoms with Crippen LogP contribution in [0.3, 0.4) is 0 Å². The van der Waals surface area contributed by atoms with E-state index in [1.54, 1.807) is 4.90 Å². The van der Waals surface area contributed by atoms with Gasteiger partial charge in [0.15, 0.2) is 0 Å². The van der Waals surface area contributed by atoms with Crippen molar-refractivity contribution in [1.82, 2.24) is 10.2 Å². The highest BCUT2D eigenvalue weighted by atomic mass is 35.5. The fourth-order valence-corrected chi connectivity index (χ4v) is 4.83. The molecule has 0 bridgehead atoms. The minimum Gasteiger partial charge on any atom is -0.352 e. The highest BCUT2D eigenvalue weighted by molar-refractivity contribution is 8.00. The summed E-state index contributed by atoms with van der Waals surface area (Å²) in [6, 6.07) is 15.2. The summed E-state index contributed by atoms with van der Waals surface area (Å²) in [7, 11) is 0. The van der Waals surface area contributed by atoms with E-state index in [4.69, 9.17) is 11.6 Å². The molecule has 3 rings (SSSR count). The van der Waals surface area contributed by atoms with Crippen molar-refractivity contribution in [3.63, 3.8) is 0 Å². The van der Waals surface area contributed by atoms with Crippen molar-refractivity contribution in [2.45, 2.75) is 69.5 Å². The van der Waals surface area contributed by atoms with Gasteiger partial charge in [-0.25, -0.2) is 0 Å². The first-order valence-electron chi connectivity index (χ1n) is 11.0. The second kappa shape index (κ2) is 11.6. The first kappa shape index (κ1) is 23.7. The van der Waals surface area contributed by atoms with Gasteiger partial charge in [-0.1, -0.05) is 60.7 Å². The number of amides is 2. The molecule has 0 spiro atoms. The molecule has 0 heterocycles. The maximum atomic E-state index is 13.2. The van der Waals surface area contributed by atoms with Crippen LogP contribution in [0.4, 0.5) is 0 Å². The Kier molecular flexibility index (Phi) is 8.85. The molecule has 1 aliphatic carbocycles. The van der Waals surface area contributed by atoms with Crippen LogP contribution in [0.1, 0.15) is 50.2 Å². The number of nitrogens with zero attached hydrogens (tertiary/aromatic N) is 1. The van der Waals surface area contributed by atoms with Gasteiger partial charge in [0.2, 0.25) is 11.8 Å². The Bertz CT molecular complexity index is 881. The van der Waals surface area contributed by atoms with E-state index in [0.717, 1.165) is 41.7 Å². The lowest BCUT2D eigenvalue weighted by Crippen LogP contribution is -2.50. The van der Waals surface area contributed by atoms with Crippen molar-refractivity contribution in [2.75, 3.05) is 5.75 Å². The smallest absolute Gasteiger partial charge is 0.242 e. The third kappa shape index (κ3) is 7.29. The van der Waals surface area contributed by atoms with Crippen molar-refractivity contribution in [3.8, 4) is 0 Å². The van der Waals surface area contributed by atoms with E-state index in [-0.39, 0.29) is 23.6 Å². The molecule has 2 amide bonds. The lowest BCUT2D eigenvalue weighted by atomic mass is 9.95. The van der Waals surface area contributed by atoms with Gasteiger partial charge in [0.1, 0.15) is 6.04 Å². The average molecular weight is 459 g/mol. The minimum atomic E-state index is -0.527. The van der Waals surface area contributed by atoms with Crippen LogP contribution in [0.25, 0.3) is 0 Å². The standard InChI is InChI=1S/C25H31ClN2O2S/c1-18-7-6-8-20(15-18)16-28(19(2)25(30)27-22-9-4-3-5-10-22)24(29)17-31-23-13-11-21(26)12-14-23/h6-8,11-15,19,22H,3-5,9-10,16-17H2,1-2H3,(H,27,30)/t19-/m1/s1. The maximum Gasteiger partial charge on any atom is 0.242 e. The Labute approximate surface area is 194 Å². The normalized spacial score (nSPS) is 15.3.